The monoisotopic (exact) mass is 226 g/mol. The quantitative estimate of drug-likeness (QED) is 0.730. The number of hydrogen-bond acceptors (Lipinski definition) is 1. The Morgan fingerprint density at radius 2 is 1.75 bits per heavy atom. The van der Waals surface area contributed by atoms with Gasteiger partial charge in [0.1, 0.15) is 0 Å². The molecule has 1 heterocycles. The number of hydrogen-bond donors (Lipinski definition) is 0. The molecule has 1 aromatic carbocycles. The summed E-state index contributed by atoms with van der Waals surface area (Å²) in [5, 5.41) is 0. The van der Waals surface area contributed by atoms with Crippen LogP contribution in [0.2, 0.25) is 0 Å². The molecule has 5 heteroatoms. The molecule has 0 radical (unpaired) electrons. The van der Waals surface area contributed by atoms with Gasteiger partial charge in [0, 0.05) is 11.9 Å². The van der Waals surface area contributed by atoms with Crippen molar-refractivity contribution < 1.29 is 13.2 Å². The zero-order valence-corrected chi connectivity index (χ0v) is 8.49. The van der Waals surface area contributed by atoms with Gasteiger partial charge in [-0.05, 0) is 31.2 Å². The summed E-state index contributed by atoms with van der Waals surface area (Å²) in [7, 11) is 0. The highest BCUT2D eigenvalue weighted by atomic mass is 19.4. The first-order valence-electron chi connectivity index (χ1n) is 4.65. The van der Waals surface area contributed by atoms with Crippen LogP contribution in [0.5, 0.6) is 0 Å². The summed E-state index contributed by atoms with van der Waals surface area (Å²) in [6.07, 6.45) is -0.968. The molecule has 0 saturated carbocycles. The molecule has 0 fully saturated rings. The smallest absolute Gasteiger partial charge is 0.306 e. The Morgan fingerprint density at radius 3 is 2.19 bits per heavy atom. The Kier molecular flexibility index (Phi) is 2.46. The van der Waals surface area contributed by atoms with E-state index in [1.807, 2.05) is 6.92 Å². The fourth-order valence-corrected chi connectivity index (χ4v) is 1.38. The Bertz CT molecular complexity index is 483. The number of aryl methyl sites for hydroxylation is 1. The van der Waals surface area contributed by atoms with E-state index in [0.29, 0.717) is 5.69 Å². The number of imidazole rings is 1. The molecular formula is C11H9F3N2. The van der Waals surface area contributed by atoms with Crippen molar-refractivity contribution in [1.29, 1.82) is 0 Å². The van der Waals surface area contributed by atoms with Gasteiger partial charge in [-0.3, -0.25) is 0 Å². The molecule has 84 valence electrons. The van der Waals surface area contributed by atoms with E-state index in [9.17, 15) is 13.2 Å². The summed E-state index contributed by atoms with van der Waals surface area (Å²) in [6.45, 7) is 1.82. The van der Waals surface area contributed by atoms with Gasteiger partial charge in [0.25, 0.3) is 0 Å². The van der Waals surface area contributed by atoms with Gasteiger partial charge < -0.3 is 4.57 Å². The minimum Gasteiger partial charge on any atom is -0.306 e. The van der Waals surface area contributed by atoms with Crippen LogP contribution in [0.4, 0.5) is 13.2 Å². The molecule has 0 atom stereocenters. The van der Waals surface area contributed by atoms with Crippen LogP contribution < -0.4 is 0 Å². The van der Waals surface area contributed by atoms with Gasteiger partial charge in [0.15, 0.2) is 0 Å². The highest BCUT2D eigenvalue weighted by molar-refractivity contribution is 5.35. The summed E-state index contributed by atoms with van der Waals surface area (Å²) in [5.41, 5.74) is 0.835. The summed E-state index contributed by atoms with van der Waals surface area (Å²) >= 11 is 0. The molecule has 0 aliphatic carbocycles. The largest absolute Gasteiger partial charge is 0.416 e. The third-order valence-electron chi connectivity index (χ3n) is 2.20. The third kappa shape index (κ3) is 2.08. The van der Waals surface area contributed by atoms with Crippen LogP contribution in [0, 0.1) is 6.92 Å². The molecular weight excluding hydrogens is 217 g/mol. The standard InChI is InChI=1S/C11H9F3N2/c1-8-6-16(7-15-8)10-4-2-9(3-5-10)11(12,13)14/h2-7H,1H3. The van der Waals surface area contributed by atoms with Gasteiger partial charge in [-0.15, -0.1) is 0 Å². The van der Waals surface area contributed by atoms with E-state index >= 15 is 0 Å². The number of aromatic nitrogens is 2. The summed E-state index contributed by atoms with van der Waals surface area (Å²) < 4.78 is 38.6. The van der Waals surface area contributed by atoms with E-state index in [1.165, 1.54) is 12.1 Å². The van der Waals surface area contributed by atoms with Gasteiger partial charge in [0.2, 0.25) is 0 Å². The third-order valence-corrected chi connectivity index (χ3v) is 2.20. The van der Waals surface area contributed by atoms with E-state index in [4.69, 9.17) is 0 Å². The second-order valence-electron chi connectivity index (χ2n) is 3.47. The van der Waals surface area contributed by atoms with Crippen molar-refractivity contribution in [1.82, 2.24) is 9.55 Å². The molecule has 1 aromatic heterocycles. The van der Waals surface area contributed by atoms with E-state index in [0.717, 1.165) is 17.8 Å². The molecule has 0 aliphatic rings. The van der Waals surface area contributed by atoms with Crippen LogP contribution in [0.3, 0.4) is 0 Å². The first kappa shape index (κ1) is 10.7. The lowest BCUT2D eigenvalue weighted by Crippen LogP contribution is -2.04. The maximum atomic E-state index is 12.3. The van der Waals surface area contributed by atoms with E-state index in [1.54, 1.807) is 17.1 Å². The SMILES string of the molecule is Cc1cn(-c2ccc(C(F)(F)F)cc2)cn1. The summed E-state index contributed by atoms with van der Waals surface area (Å²) in [6, 6.07) is 4.96. The van der Waals surface area contributed by atoms with Crippen molar-refractivity contribution in [3.05, 3.63) is 48.0 Å². The van der Waals surface area contributed by atoms with Crippen molar-refractivity contribution in [3.63, 3.8) is 0 Å². The Hall–Kier alpha value is -1.78. The van der Waals surface area contributed by atoms with Crippen LogP contribution in [0.15, 0.2) is 36.8 Å². The highest BCUT2D eigenvalue weighted by Gasteiger charge is 2.29. The molecule has 0 aliphatic heterocycles. The van der Waals surface area contributed by atoms with Gasteiger partial charge in [-0.25, -0.2) is 4.98 Å². The topological polar surface area (TPSA) is 17.8 Å². The first-order chi connectivity index (χ1) is 7.47. The molecule has 0 saturated heterocycles. The zero-order chi connectivity index (χ0) is 11.8. The molecule has 2 rings (SSSR count). The minimum absolute atomic E-state index is 0.645. The van der Waals surface area contributed by atoms with Crippen LogP contribution in [0.25, 0.3) is 5.69 Å². The number of alkyl halides is 3. The molecule has 0 N–H and O–H groups in total. The average Bonchev–Trinajstić information content (AvgIpc) is 2.64. The van der Waals surface area contributed by atoms with Crippen LogP contribution in [0.1, 0.15) is 11.3 Å². The molecule has 0 spiro atoms. The normalized spacial score (nSPS) is 11.8. The van der Waals surface area contributed by atoms with Crippen molar-refractivity contribution in [2.24, 2.45) is 0 Å². The highest BCUT2D eigenvalue weighted by Crippen LogP contribution is 2.29. The number of benzene rings is 1. The Labute approximate surface area is 90.4 Å². The van der Waals surface area contributed by atoms with Crippen molar-refractivity contribution in [2.75, 3.05) is 0 Å². The second-order valence-corrected chi connectivity index (χ2v) is 3.47. The van der Waals surface area contributed by atoms with Crippen molar-refractivity contribution in [3.8, 4) is 5.69 Å². The fourth-order valence-electron chi connectivity index (χ4n) is 1.38. The lowest BCUT2D eigenvalue weighted by molar-refractivity contribution is -0.137. The fraction of sp³-hybridized carbons (Fsp3) is 0.182. The Balaban J connectivity index is 2.33. The van der Waals surface area contributed by atoms with Crippen molar-refractivity contribution >= 4 is 0 Å². The molecule has 0 unspecified atom stereocenters. The number of halogens is 3. The average molecular weight is 226 g/mol. The van der Waals surface area contributed by atoms with Crippen LogP contribution >= 0.6 is 0 Å². The van der Waals surface area contributed by atoms with E-state index in [-0.39, 0.29) is 0 Å². The molecule has 0 bridgehead atoms. The predicted molar refractivity (Wildman–Crippen MR) is 53.3 cm³/mol. The summed E-state index contributed by atoms with van der Waals surface area (Å²) in [5.74, 6) is 0. The van der Waals surface area contributed by atoms with Gasteiger partial charge >= 0.3 is 6.18 Å². The lowest BCUT2D eigenvalue weighted by atomic mass is 10.2. The van der Waals surface area contributed by atoms with Gasteiger partial charge in [-0.1, -0.05) is 0 Å². The van der Waals surface area contributed by atoms with E-state index in [2.05, 4.69) is 4.98 Å². The maximum Gasteiger partial charge on any atom is 0.416 e. The molecule has 2 aromatic rings. The molecule has 0 amide bonds. The predicted octanol–water partition coefficient (Wildman–Crippen LogP) is 3.20. The number of nitrogens with zero attached hydrogens (tertiary/aromatic N) is 2. The van der Waals surface area contributed by atoms with Crippen LogP contribution in [-0.4, -0.2) is 9.55 Å². The number of rotatable bonds is 1. The van der Waals surface area contributed by atoms with Gasteiger partial charge in [0.05, 0.1) is 17.6 Å². The Morgan fingerprint density at radius 1 is 1.12 bits per heavy atom. The minimum atomic E-state index is -4.29. The zero-order valence-electron chi connectivity index (χ0n) is 8.49. The second kappa shape index (κ2) is 3.66. The van der Waals surface area contributed by atoms with Crippen molar-refractivity contribution in [2.45, 2.75) is 13.1 Å². The van der Waals surface area contributed by atoms with Crippen LogP contribution in [-0.2, 0) is 6.18 Å². The molecule has 2 nitrogen and oxygen atoms in total. The summed E-state index contributed by atoms with van der Waals surface area (Å²) in [4.78, 5) is 4.00. The molecule has 16 heavy (non-hydrogen) atoms. The lowest BCUT2D eigenvalue weighted by Gasteiger charge is -2.07. The van der Waals surface area contributed by atoms with Gasteiger partial charge in [-0.2, -0.15) is 13.2 Å². The maximum absolute atomic E-state index is 12.3. The first-order valence-corrected chi connectivity index (χ1v) is 4.65. The van der Waals surface area contributed by atoms with E-state index < -0.39 is 11.7 Å².